The summed E-state index contributed by atoms with van der Waals surface area (Å²) < 4.78 is 0. The fourth-order valence-electron chi connectivity index (χ4n) is 1.90. The summed E-state index contributed by atoms with van der Waals surface area (Å²) in [6.07, 6.45) is 2.58. The average Bonchev–Trinajstić information content (AvgIpc) is 2.44. The molecule has 3 N–H and O–H groups in total. The van der Waals surface area contributed by atoms with Crippen molar-refractivity contribution >= 4 is 5.91 Å². The van der Waals surface area contributed by atoms with E-state index in [1.807, 2.05) is 24.3 Å². The smallest absolute Gasteiger partial charge is 0.251 e. The van der Waals surface area contributed by atoms with Crippen LogP contribution in [0.2, 0.25) is 0 Å². The second kappa shape index (κ2) is 6.55. The molecule has 0 heterocycles. The third-order valence-corrected chi connectivity index (χ3v) is 3.65. The molecule has 0 radical (unpaired) electrons. The number of carbonyl (C=O) groups is 1. The number of rotatable bonds is 6. The summed E-state index contributed by atoms with van der Waals surface area (Å²) in [5.41, 5.74) is 7.72. The van der Waals surface area contributed by atoms with E-state index in [0.717, 1.165) is 30.4 Å². The van der Waals surface area contributed by atoms with E-state index in [0.29, 0.717) is 6.54 Å². The number of aryl methyl sites for hydroxylation is 1. The standard InChI is InChI=1S/C15H24N2O/c1-4-12-9-7-8-10-13(12)14(18)17-11-15(16,5-2)6-3/h7-10H,4-6,11,16H2,1-3H3,(H,17,18). The van der Waals surface area contributed by atoms with Crippen LogP contribution in [0.25, 0.3) is 0 Å². The summed E-state index contributed by atoms with van der Waals surface area (Å²) in [5.74, 6) is -0.0239. The molecule has 3 nitrogen and oxygen atoms in total. The van der Waals surface area contributed by atoms with Crippen LogP contribution >= 0.6 is 0 Å². The fourth-order valence-corrected chi connectivity index (χ4v) is 1.90. The van der Waals surface area contributed by atoms with E-state index in [-0.39, 0.29) is 11.4 Å². The predicted molar refractivity (Wildman–Crippen MR) is 75.7 cm³/mol. The second-order valence-corrected chi connectivity index (χ2v) is 4.76. The molecule has 0 atom stereocenters. The first kappa shape index (κ1) is 14.7. The molecular weight excluding hydrogens is 224 g/mol. The summed E-state index contributed by atoms with van der Waals surface area (Å²) in [4.78, 5) is 12.1. The molecule has 1 amide bonds. The molecule has 0 aromatic heterocycles. The van der Waals surface area contributed by atoms with Crippen LogP contribution in [0.1, 0.15) is 49.5 Å². The van der Waals surface area contributed by atoms with Crippen LogP contribution in [0, 0.1) is 0 Å². The van der Waals surface area contributed by atoms with Crippen LogP contribution in [-0.4, -0.2) is 18.0 Å². The molecular formula is C15H24N2O. The first-order valence-electron chi connectivity index (χ1n) is 6.71. The molecule has 1 rings (SSSR count). The van der Waals surface area contributed by atoms with Crippen LogP contribution in [0.15, 0.2) is 24.3 Å². The van der Waals surface area contributed by atoms with Crippen molar-refractivity contribution in [3.05, 3.63) is 35.4 Å². The van der Waals surface area contributed by atoms with Crippen LogP contribution in [-0.2, 0) is 6.42 Å². The summed E-state index contributed by atoms with van der Waals surface area (Å²) >= 11 is 0. The average molecular weight is 248 g/mol. The molecule has 0 spiro atoms. The van der Waals surface area contributed by atoms with Gasteiger partial charge in [0.1, 0.15) is 0 Å². The van der Waals surface area contributed by atoms with Gasteiger partial charge >= 0.3 is 0 Å². The number of hydrogen-bond donors (Lipinski definition) is 2. The maximum Gasteiger partial charge on any atom is 0.251 e. The van der Waals surface area contributed by atoms with E-state index < -0.39 is 0 Å². The van der Waals surface area contributed by atoms with Crippen molar-refractivity contribution in [3.8, 4) is 0 Å². The lowest BCUT2D eigenvalue weighted by atomic mass is 9.94. The minimum Gasteiger partial charge on any atom is -0.350 e. The van der Waals surface area contributed by atoms with E-state index in [2.05, 4.69) is 26.1 Å². The zero-order chi connectivity index (χ0) is 13.6. The maximum atomic E-state index is 12.1. The van der Waals surface area contributed by atoms with Crippen molar-refractivity contribution in [2.75, 3.05) is 6.54 Å². The normalized spacial score (nSPS) is 11.3. The zero-order valence-electron chi connectivity index (χ0n) is 11.6. The van der Waals surface area contributed by atoms with Gasteiger partial charge in [-0.1, -0.05) is 39.0 Å². The third kappa shape index (κ3) is 3.57. The van der Waals surface area contributed by atoms with Crippen molar-refractivity contribution in [2.24, 2.45) is 5.73 Å². The maximum absolute atomic E-state index is 12.1. The lowest BCUT2D eigenvalue weighted by molar-refractivity contribution is 0.0941. The second-order valence-electron chi connectivity index (χ2n) is 4.76. The van der Waals surface area contributed by atoms with Gasteiger partial charge in [-0.2, -0.15) is 0 Å². The van der Waals surface area contributed by atoms with E-state index in [4.69, 9.17) is 5.73 Å². The van der Waals surface area contributed by atoms with Crippen LogP contribution in [0.5, 0.6) is 0 Å². The fraction of sp³-hybridized carbons (Fsp3) is 0.533. The summed E-state index contributed by atoms with van der Waals surface area (Å²) in [5, 5.41) is 2.95. The molecule has 0 unspecified atom stereocenters. The van der Waals surface area contributed by atoms with Gasteiger partial charge in [0.15, 0.2) is 0 Å². The Morgan fingerprint density at radius 2 is 1.83 bits per heavy atom. The highest BCUT2D eigenvalue weighted by molar-refractivity contribution is 5.95. The zero-order valence-corrected chi connectivity index (χ0v) is 11.6. The van der Waals surface area contributed by atoms with Gasteiger partial charge in [0.25, 0.3) is 5.91 Å². The number of hydrogen-bond acceptors (Lipinski definition) is 2. The van der Waals surface area contributed by atoms with Crippen molar-refractivity contribution in [1.82, 2.24) is 5.32 Å². The number of nitrogens with one attached hydrogen (secondary N) is 1. The lowest BCUT2D eigenvalue weighted by Crippen LogP contribution is -2.49. The van der Waals surface area contributed by atoms with Gasteiger partial charge in [-0.25, -0.2) is 0 Å². The topological polar surface area (TPSA) is 55.1 Å². The molecule has 100 valence electrons. The van der Waals surface area contributed by atoms with Gasteiger partial charge in [0.2, 0.25) is 0 Å². The largest absolute Gasteiger partial charge is 0.350 e. The van der Waals surface area contributed by atoms with Crippen molar-refractivity contribution in [1.29, 1.82) is 0 Å². The SMILES string of the molecule is CCc1ccccc1C(=O)NCC(N)(CC)CC. The molecule has 0 aliphatic heterocycles. The van der Waals surface area contributed by atoms with E-state index in [1.165, 1.54) is 0 Å². The van der Waals surface area contributed by atoms with Gasteiger partial charge in [-0.3, -0.25) is 4.79 Å². The molecule has 0 aliphatic carbocycles. The Labute approximate surface area is 110 Å². The molecule has 0 saturated heterocycles. The quantitative estimate of drug-likeness (QED) is 0.812. The minimum absolute atomic E-state index is 0.0239. The van der Waals surface area contributed by atoms with Gasteiger partial charge in [0.05, 0.1) is 0 Å². The lowest BCUT2D eigenvalue weighted by Gasteiger charge is -2.27. The molecule has 0 bridgehead atoms. The minimum atomic E-state index is -0.295. The molecule has 0 fully saturated rings. The highest BCUT2D eigenvalue weighted by Crippen LogP contribution is 2.12. The Morgan fingerprint density at radius 3 is 2.39 bits per heavy atom. The van der Waals surface area contributed by atoms with Crippen molar-refractivity contribution < 1.29 is 4.79 Å². The Hall–Kier alpha value is -1.35. The Balaban J connectivity index is 2.71. The third-order valence-electron chi connectivity index (χ3n) is 3.65. The van der Waals surface area contributed by atoms with Crippen LogP contribution in [0.4, 0.5) is 0 Å². The molecule has 18 heavy (non-hydrogen) atoms. The number of nitrogens with two attached hydrogens (primary N) is 1. The Morgan fingerprint density at radius 1 is 1.22 bits per heavy atom. The van der Waals surface area contributed by atoms with Crippen LogP contribution in [0.3, 0.4) is 0 Å². The monoisotopic (exact) mass is 248 g/mol. The number of amides is 1. The van der Waals surface area contributed by atoms with E-state index in [1.54, 1.807) is 0 Å². The van der Waals surface area contributed by atoms with Crippen molar-refractivity contribution in [3.63, 3.8) is 0 Å². The Kier molecular flexibility index (Phi) is 5.35. The molecule has 3 heteroatoms. The van der Waals surface area contributed by atoms with Crippen LogP contribution < -0.4 is 11.1 Å². The number of carbonyl (C=O) groups excluding carboxylic acids is 1. The van der Waals surface area contributed by atoms with Gasteiger partial charge in [-0.05, 0) is 30.9 Å². The molecule has 0 aliphatic rings. The van der Waals surface area contributed by atoms with Gasteiger partial charge in [0, 0.05) is 17.6 Å². The predicted octanol–water partition coefficient (Wildman–Crippen LogP) is 2.50. The Bertz CT molecular complexity index is 397. The highest BCUT2D eigenvalue weighted by Gasteiger charge is 2.21. The summed E-state index contributed by atoms with van der Waals surface area (Å²) in [6.45, 7) is 6.68. The van der Waals surface area contributed by atoms with Crippen molar-refractivity contribution in [2.45, 2.75) is 45.6 Å². The summed E-state index contributed by atoms with van der Waals surface area (Å²) in [6, 6.07) is 7.71. The van der Waals surface area contributed by atoms with E-state index in [9.17, 15) is 4.79 Å². The molecule has 1 aromatic rings. The molecule has 1 aromatic carbocycles. The first-order valence-corrected chi connectivity index (χ1v) is 6.71. The van der Waals surface area contributed by atoms with Gasteiger partial charge in [-0.15, -0.1) is 0 Å². The van der Waals surface area contributed by atoms with Gasteiger partial charge < -0.3 is 11.1 Å². The van der Waals surface area contributed by atoms with E-state index >= 15 is 0 Å². The first-order chi connectivity index (χ1) is 8.56. The number of benzene rings is 1. The molecule has 0 saturated carbocycles. The summed E-state index contributed by atoms with van der Waals surface area (Å²) in [7, 11) is 0. The highest BCUT2D eigenvalue weighted by atomic mass is 16.1.